The number of carbonyl (C=O) groups excluding carboxylic acids is 1. The molecule has 1 amide bonds. The molecule has 4 heteroatoms. The van der Waals surface area contributed by atoms with Crippen LogP contribution in [-0.4, -0.2) is 30.7 Å². The largest absolute Gasteiger partial charge is 0.377 e. The summed E-state index contributed by atoms with van der Waals surface area (Å²) >= 11 is 0. The number of hydrogen-bond acceptors (Lipinski definition) is 3. The summed E-state index contributed by atoms with van der Waals surface area (Å²) in [5, 5.41) is 3.41. The van der Waals surface area contributed by atoms with Crippen molar-refractivity contribution < 1.29 is 9.53 Å². The van der Waals surface area contributed by atoms with E-state index < -0.39 is 5.54 Å². The van der Waals surface area contributed by atoms with E-state index in [1.165, 1.54) is 6.42 Å². The second-order valence-electron chi connectivity index (χ2n) is 5.66. The van der Waals surface area contributed by atoms with Gasteiger partial charge in [-0.25, -0.2) is 0 Å². The number of primary amides is 1. The van der Waals surface area contributed by atoms with Gasteiger partial charge in [0.05, 0.1) is 11.6 Å². The predicted octanol–water partition coefficient (Wildman–Crippen LogP) is 1.19. The van der Waals surface area contributed by atoms with Crippen LogP contribution in [0.2, 0.25) is 0 Å². The van der Waals surface area contributed by atoms with Gasteiger partial charge in [-0.1, -0.05) is 19.8 Å². The maximum atomic E-state index is 11.7. The lowest BCUT2D eigenvalue weighted by Gasteiger charge is -2.38. The van der Waals surface area contributed by atoms with Crippen LogP contribution in [0.25, 0.3) is 0 Å². The molecule has 3 atom stereocenters. The molecular weight excluding hydrogens is 216 g/mol. The summed E-state index contributed by atoms with van der Waals surface area (Å²) in [6.07, 6.45) is 6.53. The molecule has 0 aromatic carbocycles. The average molecular weight is 240 g/mol. The Morgan fingerprint density at radius 1 is 1.47 bits per heavy atom. The Morgan fingerprint density at radius 2 is 2.29 bits per heavy atom. The summed E-state index contributed by atoms with van der Waals surface area (Å²) in [7, 11) is 0. The van der Waals surface area contributed by atoms with Crippen molar-refractivity contribution in [3.05, 3.63) is 0 Å². The van der Waals surface area contributed by atoms with Crippen molar-refractivity contribution in [2.75, 3.05) is 13.2 Å². The van der Waals surface area contributed by atoms with E-state index in [4.69, 9.17) is 10.5 Å². The molecule has 4 nitrogen and oxygen atoms in total. The molecule has 1 aliphatic carbocycles. The summed E-state index contributed by atoms with van der Waals surface area (Å²) < 4.78 is 5.58. The highest BCUT2D eigenvalue weighted by Gasteiger charge is 2.40. The maximum Gasteiger partial charge on any atom is 0.237 e. The van der Waals surface area contributed by atoms with Crippen molar-refractivity contribution in [3.8, 4) is 0 Å². The molecule has 0 bridgehead atoms. The van der Waals surface area contributed by atoms with Crippen LogP contribution >= 0.6 is 0 Å². The average Bonchev–Trinajstić information content (AvgIpc) is 2.79. The van der Waals surface area contributed by atoms with E-state index in [1.54, 1.807) is 0 Å². The summed E-state index contributed by atoms with van der Waals surface area (Å²) in [4.78, 5) is 11.7. The van der Waals surface area contributed by atoms with E-state index in [0.717, 1.165) is 45.3 Å². The van der Waals surface area contributed by atoms with Gasteiger partial charge < -0.3 is 15.8 Å². The van der Waals surface area contributed by atoms with Gasteiger partial charge >= 0.3 is 0 Å². The zero-order chi connectivity index (χ0) is 12.3. The lowest BCUT2D eigenvalue weighted by molar-refractivity contribution is -0.126. The first-order valence-corrected chi connectivity index (χ1v) is 6.79. The molecule has 2 fully saturated rings. The summed E-state index contributed by atoms with van der Waals surface area (Å²) in [6.45, 7) is 3.81. The third kappa shape index (κ3) is 2.99. The lowest BCUT2D eigenvalue weighted by Crippen LogP contribution is -2.59. The molecule has 0 spiro atoms. The Bertz CT molecular complexity index is 277. The molecular formula is C13H24N2O2. The zero-order valence-electron chi connectivity index (χ0n) is 10.7. The number of nitrogens with two attached hydrogens (primary N) is 1. The maximum absolute atomic E-state index is 11.7. The first kappa shape index (κ1) is 12.8. The van der Waals surface area contributed by atoms with Crippen molar-refractivity contribution in [3.63, 3.8) is 0 Å². The highest BCUT2D eigenvalue weighted by Crippen LogP contribution is 2.32. The van der Waals surface area contributed by atoms with Crippen LogP contribution in [0.3, 0.4) is 0 Å². The van der Waals surface area contributed by atoms with Crippen LogP contribution in [0.15, 0.2) is 0 Å². The van der Waals surface area contributed by atoms with Crippen molar-refractivity contribution in [1.82, 2.24) is 5.32 Å². The molecule has 98 valence electrons. The summed E-state index contributed by atoms with van der Waals surface area (Å²) in [5.74, 6) is 0.385. The normalized spacial score (nSPS) is 38.2. The fourth-order valence-corrected chi connectivity index (χ4v) is 3.14. The summed E-state index contributed by atoms with van der Waals surface area (Å²) in [5.41, 5.74) is 5.12. The monoisotopic (exact) mass is 240 g/mol. The van der Waals surface area contributed by atoms with Gasteiger partial charge in [0.1, 0.15) is 0 Å². The van der Waals surface area contributed by atoms with Crippen molar-refractivity contribution in [1.29, 1.82) is 0 Å². The minimum atomic E-state index is -0.483. The van der Waals surface area contributed by atoms with E-state index in [1.807, 2.05) is 0 Å². The molecule has 0 aromatic rings. The molecule has 0 aromatic heterocycles. The van der Waals surface area contributed by atoms with E-state index in [2.05, 4.69) is 12.2 Å². The fourth-order valence-electron chi connectivity index (χ4n) is 3.14. The Hall–Kier alpha value is -0.610. The molecule has 2 aliphatic rings. The Kier molecular flexibility index (Phi) is 4.05. The van der Waals surface area contributed by atoms with E-state index >= 15 is 0 Å². The number of carbonyl (C=O) groups is 1. The van der Waals surface area contributed by atoms with Gasteiger partial charge in [0.25, 0.3) is 0 Å². The van der Waals surface area contributed by atoms with Crippen LogP contribution < -0.4 is 11.1 Å². The van der Waals surface area contributed by atoms with Crippen LogP contribution in [0.5, 0.6) is 0 Å². The summed E-state index contributed by atoms with van der Waals surface area (Å²) in [6, 6.07) is 0. The Morgan fingerprint density at radius 3 is 2.88 bits per heavy atom. The second-order valence-corrected chi connectivity index (χ2v) is 5.66. The molecule has 3 unspecified atom stereocenters. The topological polar surface area (TPSA) is 64.3 Å². The molecule has 1 saturated carbocycles. The van der Waals surface area contributed by atoms with Crippen molar-refractivity contribution >= 4 is 5.91 Å². The van der Waals surface area contributed by atoms with Gasteiger partial charge in [0.15, 0.2) is 0 Å². The van der Waals surface area contributed by atoms with Crippen molar-refractivity contribution in [2.45, 2.75) is 57.1 Å². The standard InChI is InChI=1S/C13H24N2O2/c1-10-4-2-6-13(8-10,12(14)16)15-9-11-5-3-7-17-11/h10-11,15H,2-9H2,1H3,(H2,14,16). The van der Waals surface area contributed by atoms with Crippen LogP contribution in [0.4, 0.5) is 0 Å². The fraction of sp³-hybridized carbons (Fsp3) is 0.923. The Labute approximate surface area is 103 Å². The smallest absolute Gasteiger partial charge is 0.237 e. The highest BCUT2D eigenvalue weighted by atomic mass is 16.5. The van der Waals surface area contributed by atoms with E-state index in [-0.39, 0.29) is 12.0 Å². The molecule has 1 saturated heterocycles. The third-order valence-corrected chi connectivity index (χ3v) is 4.16. The zero-order valence-corrected chi connectivity index (χ0v) is 10.7. The number of amides is 1. The van der Waals surface area contributed by atoms with Gasteiger partial charge in [-0.2, -0.15) is 0 Å². The molecule has 17 heavy (non-hydrogen) atoms. The van der Waals surface area contributed by atoms with Crippen LogP contribution in [0.1, 0.15) is 45.4 Å². The van der Waals surface area contributed by atoms with Crippen molar-refractivity contribution in [2.24, 2.45) is 11.7 Å². The third-order valence-electron chi connectivity index (χ3n) is 4.16. The van der Waals surface area contributed by atoms with Gasteiger partial charge in [-0.15, -0.1) is 0 Å². The predicted molar refractivity (Wildman–Crippen MR) is 66.5 cm³/mol. The minimum Gasteiger partial charge on any atom is -0.377 e. The molecule has 2 rings (SSSR count). The second kappa shape index (κ2) is 5.36. The Balaban J connectivity index is 1.93. The lowest BCUT2D eigenvalue weighted by atomic mass is 9.76. The molecule has 1 aliphatic heterocycles. The van der Waals surface area contributed by atoms with E-state index in [9.17, 15) is 4.79 Å². The number of nitrogens with one attached hydrogen (secondary N) is 1. The van der Waals surface area contributed by atoms with Crippen LogP contribution in [0, 0.1) is 5.92 Å². The van der Waals surface area contributed by atoms with Crippen LogP contribution in [-0.2, 0) is 9.53 Å². The SMILES string of the molecule is CC1CCCC(NCC2CCCO2)(C(N)=O)C1. The number of rotatable bonds is 4. The van der Waals surface area contributed by atoms with Gasteiger partial charge in [-0.05, 0) is 31.6 Å². The molecule has 0 radical (unpaired) electrons. The molecule has 3 N–H and O–H groups in total. The van der Waals surface area contributed by atoms with Gasteiger partial charge in [-0.3, -0.25) is 4.79 Å². The first-order valence-electron chi connectivity index (χ1n) is 6.79. The van der Waals surface area contributed by atoms with Gasteiger partial charge in [0.2, 0.25) is 5.91 Å². The first-order chi connectivity index (χ1) is 8.12. The van der Waals surface area contributed by atoms with Gasteiger partial charge in [0, 0.05) is 13.2 Å². The number of hydrogen-bond donors (Lipinski definition) is 2. The highest BCUT2D eigenvalue weighted by molar-refractivity contribution is 5.84. The molecule has 1 heterocycles. The minimum absolute atomic E-state index is 0.193. The number of ether oxygens (including phenoxy) is 1. The van der Waals surface area contributed by atoms with E-state index in [0.29, 0.717) is 5.92 Å². The quantitative estimate of drug-likeness (QED) is 0.776.